The van der Waals surface area contributed by atoms with Gasteiger partial charge in [0.25, 0.3) is 0 Å². The number of hydrogen-bond donors (Lipinski definition) is 1. The third-order valence-corrected chi connectivity index (χ3v) is 3.29. The monoisotopic (exact) mass is 141 g/mol. The Morgan fingerprint density at radius 1 is 1.70 bits per heavy atom. The predicted octanol–water partition coefficient (Wildman–Crippen LogP) is 0.488. The van der Waals surface area contributed by atoms with Crippen LogP contribution in [0.15, 0.2) is 0 Å². The van der Waals surface area contributed by atoms with Crippen molar-refractivity contribution in [3.63, 3.8) is 0 Å². The molecule has 0 spiro atoms. The molecule has 58 valence electrons. The summed E-state index contributed by atoms with van der Waals surface area (Å²) >= 11 is 0. The van der Waals surface area contributed by atoms with E-state index >= 15 is 0 Å². The highest BCUT2D eigenvalue weighted by Crippen LogP contribution is 2.60. The number of hydrogen-bond acceptors (Lipinski definition) is 2. The van der Waals surface area contributed by atoms with Gasteiger partial charge < -0.3 is 10.1 Å². The van der Waals surface area contributed by atoms with Gasteiger partial charge in [-0.3, -0.25) is 0 Å². The molecule has 0 aromatic heterocycles. The van der Waals surface area contributed by atoms with Crippen LogP contribution in [0.2, 0.25) is 0 Å². The van der Waals surface area contributed by atoms with E-state index < -0.39 is 0 Å². The molecule has 0 aromatic carbocycles. The Kier molecular flexibility index (Phi) is 1.29. The van der Waals surface area contributed by atoms with Crippen molar-refractivity contribution in [2.24, 2.45) is 17.3 Å². The molecule has 1 heterocycles. The van der Waals surface area contributed by atoms with Crippen molar-refractivity contribution >= 4 is 0 Å². The fourth-order valence-electron chi connectivity index (χ4n) is 2.38. The summed E-state index contributed by atoms with van der Waals surface area (Å²) in [7, 11) is 1.80. The first-order chi connectivity index (χ1) is 4.79. The molecule has 0 amide bonds. The van der Waals surface area contributed by atoms with Crippen LogP contribution in [-0.4, -0.2) is 26.8 Å². The number of ether oxygens (including phenoxy) is 1. The van der Waals surface area contributed by atoms with Gasteiger partial charge in [0, 0.05) is 20.3 Å². The molecule has 2 fully saturated rings. The highest BCUT2D eigenvalue weighted by molar-refractivity contribution is 5.13. The molecule has 3 atom stereocenters. The Bertz CT molecular complexity index is 148. The van der Waals surface area contributed by atoms with E-state index in [1.807, 2.05) is 0 Å². The van der Waals surface area contributed by atoms with Crippen LogP contribution in [0.3, 0.4) is 0 Å². The van der Waals surface area contributed by atoms with Gasteiger partial charge >= 0.3 is 0 Å². The topological polar surface area (TPSA) is 21.3 Å². The summed E-state index contributed by atoms with van der Waals surface area (Å²) in [6, 6.07) is 0. The van der Waals surface area contributed by atoms with Crippen molar-refractivity contribution in [2.45, 2.75) is 6.92 Å². The summed E-state index contributed by atoms with van der Waals surface area (Å²) < 4.78 is 5.14. The van der Waals surface area contributed by atoms with Crippen LogP contribution >= 0.6 is 0 Å². The Labute approximate surface area is 61.9 Å². The molecular formula is C8H15NO. The molecule has 0 aromatic rings. The maximum absolute atomic E-state index is 5.14. The van der Waals surface area contributed by atoms with Crippen molar-refractivity contribution in [1.29, 1.82) is 0 Å². The van der Waals surface area contributed by atoms with Crippen molar-refractivity contribution < 1.29 is 4.74 Å². The molecule has 1 aliphatic heterocycles. The molecule has 2 aliphatic rings. The fraction of sp³-hybridized carbons (Fsp3) is 1.00. The second-order valence-electron chi connectivity index (χ2n) is 3.81. The van der Waals surface area contributed by atoms with Crippen LogP contribution in [0.1, 0.15) is 6.92 Å². The molecule has 1 saturated carbocycles. The smallest absolute Gasteiger partial charge is 0.0499 e. The van der Waals surface area contributed by atoms with E-state index in [0.717, 1.165) is 18.4 Å². The van der Waals surface area contributed by atoms with Gasteiger partial charge in [-0.2, -0.15) is 0 Å². The Morgan fingerprint density at radius 2 is 2.50 bits per heavy atom. The molecule has 0 unspecified atom stereocenters. The summed E-state index contributed by atoms with van der Waals surface area (Å²) in [5.41, 5.74) is 0.593. The normalized spacial score (nSPS) is 51.0. The minimum Gasteiger partial charge on any atom is -0.384 e. The molecular weight excluding hydrogens is 126 g/mol. The first kappa shape index (κ1) is 6.62. The number of fused-ring (bicyclic) bond motifs is 1. The lowest BCUT2D eigenvalue weighted by Crippen LogP contribution is -2.20. The molecule has 0 bridgehead atoms. The van der Waals surface area contributed by atoms with Crippen molar-refractivity contribution in [2.75, 3.05) is 26.8 Å². The SMILES string of the molecule is COC[C@H]1[C@@H]2CNC[C@@]21C. The van der Waals surface area contributed by atoms with Gasteiger partial charge in [0.2, 0.25) is 0 Å². The van der Waals surface area contributed by atoms with Crippen molar-refractivity contribution in [3.8, 4) is 0 Å². The van der Waals surface area contributed by atoms with E-state index in [-0.39, 0.29) is 0 Å². The lowest BCUT2D eigenvalue weighted by Gasteiger charge is -2.07. The average molecular weight is 141 g/mol. The Balaban J connectivity index is 1.95. The van der Waals surface area contributed by atoms with Gasteiger partial charge in [-0.25, -0.2) is 0 Å². The third kappa shape index (κ3) is 0.663. The number of methoxy groups -OCH3 is 1. The quantitative estimate of drug-likeness (QED) is 0.604. The highest BCUT2D eigenvalue weighted by Gasteiger charge is 2.63. The van der Waals surface area contributed by atoms with E-state index in [2.05, 4.69) is 12.2 Å². The Hall–Kier alpha value is -0.0800. The fourth-order valence-corrected chi connectivity index (χ4v) is 2.38. The zero-order chi connectivity index (χ0) is 7.19. The number of nitrogens with one attached hydrogen (secondary N) is 1. The number of piperidine rings is 1. The summed E-state index contributed by atoms with van der Waals surface area (Å²) in [6.07, 6.45) is 0. The van der Waals surface area contributed by atoms with Crippen LogP contribution in [0.5, 0.6) is 0 Å². The molecule has 10 heavy (non-hydrogen) atoms. The summed E-state index contributed by atoms with van der Waals surface area (Å²) in [4.78, 5) is 0. The molecule has 2 heteroatoms. The molecule has 1 aliphatic carbocycles. The van der Waals surface area contributed by atoms with E-state index in [1.165, 1.54) is 13.1 Å². The largest absolute Gasteiger partial charge is 0.384 e. The van der Waals surface area contributed by atoms with Crippen LogP contribution in [0.25, 0.3) is 0 Å². The van der Waals surface area contributed by atoms with Gasteiger partial charge in [0.15, 0.2) is 0 Å². The van der Waals surface area contributed by atoms with E-state index in [1.54, 1.807) is 7.11 Å². The lowest BCUT2D eigenvalue weighted by molar-refractivity contribution is 0.167. The first-order valence-electron chi connectivity index (χ1n) is 3.98. The van der Waals surface area contributed by atoms with E-state index in [0.29, 0.717) is 5.41 Å². The van der Waals surface area contributed by atoms with E-state index in [4.69, 9.17) is 4.74 Å². The lowest BCUT2D eigenvalue weighted by atomic mass is 10.1. The maximum atomic E-state index is 5.14. The van der Waals surface area contributed by atoms with Gasteiger partial charge in [-0.1, -0.05) is 6.92 Å². The van der Waals surface area contributed by atoms with Crippen LogP contribution in [-0.2, 0) is 4.74 Å². The first-order valence-corrected chi connectivity index (χ1v) is 3.98. The standard InChI is InChI=1S/C8H15NO/c1-8-5-9-3-6(8)7(8)4-10-2/h6-7,9H,3-5H2,1-2H3/t6-,7-,8-/m0/s1. The summed E-state index contributed by atoms with van der Waals surface area (Å²) in [6.45, 7) is 5.74. The maximum Gasteiger partial charge on any atom is 0.0499 e. The number of rotatable bonds is 2. The second kappa shape index (κ2) is 1.95. The molecule has 2 rings (SSSR count). The zero-order valence-corrected chi connectivity index (χ0v) is 6.68. The van der Waals surface area contributed by atoms with Crippen molar-refractivity contribution in [3.05, 3.63) is 0 Å². The van der Waals surface area contributed by atoms with E-state index in [9.17, 15) is 0 Å². The molecule has 1 N–H and O–H groups in total. The summed E-state index contributed by atoms with van der Waals surface area (Å²) in [5, 5.41) is 3.40. The van der Waals surface area contributed by atoms with Gasteiger partial charge in [-0.15, -0.1) is 0 Å². The van der Waals surface area contributed by atoms with Crippen LogP contribution in [0.4, 0.5) is 0 Å². The van der Waals surface area contributed by atoms with Gasteiger partial charge in [-0.05, 0) is 23.8 Å². The zero-order valence-electron chi connectivity index (χ0n) is 6.68. The van der Waals surface area contributed by atoms with Crippen LogP contribution < -0.4 is 5.32 Å². The summed E-state index contributed by atoms with van der Waals surface area (Å²) in [5.74, 6) is 1.76. The Morgan fingerprint density at radius 3 is 3.00 bits per heavy atom. The van der Waals surface area contributed by atoms with Gasteiger partial charge in [0.1, 0.15) is 0 Å². The minimum absolute atomic E-state index is 0.593. The molecule has 1 saturated heterocycles. The average Bonchev–Trinajstić information content (AvgIpc) is 2.34. The third-order valence-electron chi connectivity index (χ3n) is 3.29. The van der Waals surface area contributed by atoms with Gasteiger partial charge in [0.05, 0.1) is 0 Å². The van der Waals surface area contributed by atoms with Crippen molar-refractivity contribution in [1.82, 2.24) is 5.32 Å². The highest BCUT2D eigenvalue weighted by atomic mass is 16.5. The predicted molar refractivity (Wildman–Crippen MR) is 39.8 cm³/mol. The minimum atomic E-state index is 0.593. The molecule has 2 nitrogen and oxygen atoms in total. The second-order valence-corrected chi connectivity index (χ2v) is 3.81. The molecule has 0 radical (unpaired) electrons. The van der Waals surface area contributed by atoms with Crippen LogP contribution in [0, 0.1) is 17.3 Å².